The summed E-state index contributed by atoms with van der Waals surface area (Å²) in [6.45, 7) is 0.506. The van der Waals surface area contributed by atoms with Crippen LogP contribution in [0.2, 0.25) is 0 Å². The number of hydrogen-bond donors (Lipinski definition) is 1. The lowest BCUT2D eigenvalue weighted by atomic mass is 10.1. The maximum atomic E-state index is 12.8. The van der Waals surface area contributed by atoms with Crippen LogP contribution in [0.1, 0.15) is 29.3 Å². The Morgan fingerprint density at radius 1 is 1.06 bits per heavy atom. The number of fused-ring (bicyclic) bond motifs is 1. The van der Waals surface area contributed by atoms with Crippen molar-refractivity contribution in [3.63, 3.8) is 0 Å². The minimum absolute atomic E-state index is 0.105. The Kier molecular flexibility index (Phi) is 5.05. The zero-order valence-corrected chi connectivity index (χ0v) is 16.6. The number of nitrogens with zero attached hydrogens (tertiary/aromatic N) is 4. The second kappa shape index (κ2) is 8.30. The number of urea groups is 1. The number of anilines is 1. The van der Waals surface area contributed by atoms with E-state index in [0.717, 1.165) is 23.2 Å². The smallest absolute Gasteiger partial charge is 0.306 e. The van der Waals surface area contributed by atoms with Gasteiger partial charge in [-0.2, -0.15) is 10.2 Å². The lowest BCUT2D eigenvalue weighted by Gasteiger charge is -2.23. The van der Waals surface area contributed by atoms with Crippen LogP contribution in [0, 0.1) is 11.8 Å². The van der Waals surface area contributed by atoms with Crippen LogP contribution >= 0.6 is 0 Å². The molecule has 4 aromatic rings. The first kappa shape index (κ1) is 18.9. The van der Waals surface area contributed by atoms with E-state index in [1.54, 1.807) is 16.9 Å². The SMILES string of the molecule is O=C(Nc1cccc(C#Cc2cnc3cccnn23)c1)N1OCC[C@H]1c1ccccc1. The number of rotatable bonds is 2. The molecular weight excluding hydrogens is 390 g/mol. The summed E-state index contributed by atoms with van der Waals surface area (Å²) < 4.78 is 1.69. The highest BCUT2D eigenvalue weighted by atomic mass is 16.7. The largest absolute Gasteiger partial charge is 0.346 e. The van der Waals surface area contributed by atoms with Gasteiger partial charge in [0, 0.05) is 23.9 Å². The number of carbonyl (C=O) groups excluding carboxylic acids is 1. The van der Waals surface area contributed by atoms with E-state index >= 15 is 0 Å². The molecular formula is C24H19N5O2. The minimum atomic E-state index is -0.303. The molecule has 3 heterocycles. The number of hydroxylamine groups is 2. The molecule has 0 aliphatic carbocycles. The van der Waals surface area contributed by atoms with Gasteiger partial charge in [-0.15, -0.1) is 0 Å². The molecule has 0 saturated carbocycles. The van der Waals surface area contributed by atoms with Gasteiger partial charge in [0.2, 0.25) is 0 Å². The van der Waals surface area contributed by atoms with Crippen molar-refractivity contribution in [2.24, 2.45) is 0 Å². The van der Waals surface area contributed by atoms with Crippen molar-refractivity contribution < 1.29 is 9.63 Å². The Morgan fingerprint density at radius 2 is 1.97 bits per heavy atom. The third kappa shape index (κ3) is 3.97. The van der Waals surface area contributed by atoms with Crippen molar-refractivity contribution >= 4 is 17.4 Å². The molecule has 7 nitrogen and oxygen atoms in total. The second-order valence-corrected chi connectivity index (χ2v) is 7.07. The molecule has 152 valence electrons. The average molecular weight is 409 g/mol. The van der Waals surface area contributed by atoms with Gasteiger partial charge >= 0.3 is 6.03 Å². The lowest BCUT2D eigenvalue weighted by molar-refractivity contribution is -0.0829. The highest BCUT2D eigenvalue weighted by Crippen LogP contribution is 2.30. The Balaban J connectivity index is 1.32. The third-order valence-corrected chi connectivity index (χ3v) is 5.02. The van der Waals surface area contributed by atoms with E-state index in [1.807, 2.05) is 66.7 Å². The molecule has 1 aliphatic rings. The Morgan fingerprint density at radius 3 is 2.87 bits per heavy atom. The van der Waals surface area contributed by atoms with E-state index in [2.05, 4.69) is 27.2 Å². The molecule has 1 atom stereocenters. The van der Waals surface area contributed by atoms with Crippen LogP contribution in [-0.4, -0.2) is 32.3 Å². The van der Waals surface area contributed by atoms with Gasteiger partial charge in [-0.1, -0.05) is 42.3 Å². The van der Waals surface area contributed by atoms with Crippen molar-refractivity contribution in [1.82, 2.24) is 19.7 Å². The molecule has 0 unspecified atom stereocenters. The number of aromatic nitrogens is 3. The van der Waals surface area contributed by atoms with Gasteiger partial charge in [-0.3, -0.25) is 4.84 Å². The minimum Gasteiger partial charge on any atom is -0.306 e. The number of hydrogen-bond acceptors (Lipinski definition) is 4. The van der Waals surface area contributed by atoms with E-state index in [9.17, 15) is 4.79 Å². The zero-order valence-electron chi connectivity index (χ0n) is 16.6. The molecule has 1 N–H and O–H groups in total. The van der Waals surface area contributed by atoms with Gasteiger partial charge < -0.3 is 5.32 Å². The molecule has 0 radical (unpaired) electrons. The predicted molar refractivity (Wildman–Crippen MR) is 116 cm³/mol. The fourth-order valence-electron chi connectivity index (χ4n) is 3.55. The molecule has 1 saturated heterocycles. The topological polar surface area (TPSA) is 71.8 Å². The van der Waals surface area contributed by atoms with Crippen LogP contribution < -0.4 is 5.32 Å². The summed E-state index contributed by atoms with van der Waals surface area (Å²) in [5.41, 5.74) is 3.91. The van der Waals surface area contributed by atoms with Crippen LogP contribution in [0.3, 0.4) is 0 Å². The van der Waals surface area contributed by atoms with Gasteiger partial charge in [0.25, 0.3) is 0 Å². The van der Waals surface area contributed by atoms with Crippen molar-refractivity contribution in [1.29, 1.82) is 0 Å². The highest BCUT2D eigenvalue weighted by molar-refractivity contribution is 5.89. The fraction of sp³-hybridized carbons (Fsp3) is 0.125. The molecule has 1 fully saturated rings. The van der Waals surface area contributed by atoms with Gasteiger partial charge in [0.05, 0.1) is 18.8 Å². The van der Waals surface area contributed by atoms with Crippen LogP contribution in [0.4, 0.5) is 10.5 Å². The van der Waals surface area contributed by atoms with E-state index in [-0.39, 0.29) is 12.1 Å². The Hall–Kier alpha value is -4.15. The molecule has 2 amide bonds. The summed E-state index contributed by atoms with van der Waals surface area (Å²) in [6.07, 6.45) is 4.14. The third-order valence-electron chi connectivity index (χ3n) is 5.02. The first-order chi connectivity index (χ1) is 15.3. The Labute approximate surface area is 179 Å². The maximum absolute atomic E-state index is 12.8. The second-order valence-electron chi connectivity index (χ2n) is 7.07. The van der Waals surface area contributed by atoms with Gasteiger partial charge in [-0.25, -0.2) is 14.3 Å². The summed E-state index contributed by atoms with van der Waals surface area (Å²) in [5, 5.41) is 8.59. The molecule has 1 aliphatic heterocycles. The van der Waals surface area contributed by atoms with Crippen molar-refractivity contribution in [2.75, 3.05) is 11.9 Å². The van der Waals surface area contributed by atoms with Crippen LogP contribution in [-0.2, 0) is 4.84 Å². The summed E-state index contributed by atoms with van der Waals surface area (Å²) in [4.78, 5) is 22.7. The molecule has 2 aromatic carbocycles. The summed E-state index contributed by atoms with van der Waals surface area (Å²) in [7, 11) is 0. The average Bonchev–Trinajstić information content (AvgIpc) is 3.46. The number of nitrogens with one attached hydrogen (secondary N) is 1. The maximum Gasteiger partial charge on any atom is 0.346 e. The fourth-order valence-corrected chi connectivity index (χ4v) is 3.55. The number of carbonyl (C=O) groups is 1. The molecule has 0 bridgehead atoms. The monoisotopic (exact) mass is 409 g/mol. The highest BCUT2D eigenvalue weighted by Gasteiger charge is 2.31. The standard InChI is InChI=1S/C24H19N5O2/c30-24(29-22(13-15-31-29)19-7-2-1-3-8-19)27-20-9-4-6-18(16-20)11-12-21-17-25-23-10-5-14-26-28(21)23/h1-10,14,16-17,22H,13,15H2,(H,27,30)/t22-/m0/s1. The number of amides is 2. The number of imidazole rings is 1. The number of benzene rings is 2. The quantitative estimate of drug-likeness (QED) is 0.507. The summed E-state index contributed by atoms with van der Waals surface area (Å²) >= 11 is 0. The summed E-state index contributed by atoms with van der Waals surface area (Å²) in [5.74, 6) is 6.20. The molecule has 31 heavy (non-hydrogen) atoms. The van der Waals surface area contributed by atoms with Gasteiger partial charge in [0.1, 0.15) is 5.69 Å². The molecule has 2 aromatic heterocycles. The van der Waals surface area contributed by atoms with E-state index in [0.29, 0.717) is 18.0 Å². The van der Waals surface area contributed by atoms with Crippen LogP contribution in [0.5, 0.6) is 0 Å². The van der Waals surface area contributed by atoms with Gasteiger partial charge in [0.15, 0.2) is 5.65 Å². The first-order valence-corrected chi connectivity index (χ1v) is 9.97. The predicted octanol–water partition coefficient (Wildman–Crippen LogP) is 4.04. The normalized spacial score (nSPS) is 15.5. The molecule has 7 heteroatoms. The van der Waals surface area contributed by atoms with E-state index in [1.165, 1.54) is 5.06 Å². The van der Waals surface area contributed by atoms with Crippen LogP contribution in [0.25, 0.3) is 5.65 Å². The Bertz CT molecular complexity index is 1290. The van der Waals surface area contributed by atoms with Crippen molar-refractivity contribution in [2.45, 2.75) is 12.5 Å². The van der Waals surface area contributed by atoms with Crippen molar-refractivity contribution in [3.8, 4) is 11.8 Å². The van der Waals surface area contributed by atoms with Crippen LogP contribution in [0.15, 0.2) is 79.1 Å². The first-order valence-electron chi connectivity index (χ1n) is 9.97. The van der Waals surface area contributed by atoms with E-state index in [4.69, 9.17) is 4.84 Å². The molecule has 5 rings (SSSR count). The van der Waals surface area contributed by atoms with Gasteiger partial charge in [-0.05, 0) is 41.8 Å². The lowest BCUT2D eigenvalue weighted by Crippen LogP contribution is -2.33. The summed E-state index contributed by atoms with van der Waals surface area (Å²) in [6, 6.07) is 20.6. The van der Waals surface area contributed by atoms with Crippen molar-refractivity contribution in [3.05, 3.63) is 95.9 Å². The molecule has 0 spiro atoms. The van der Waals surface area contributed by atoms with E-state index < -0.39 is 0 Å². The zero-order chi connectivity index (χ0) is 21.0.